The summed E-state index contributed by atoms with van der Waals surface area (Å²) < 4.78 is 5.18. The molecule has 3 nitrogen and oxygen atoms in total. The lowest BCUT2D eigenvalue weighted by Gasteiger charge is -2.15. The number of ether oxygens (including phenoxy) is 1. The zero-order valence-electron chi connectivity index (χ0n) is 11.1. The molecule has 0 radical (unpaired) electrons. The summed E-state index contributed by atoms with van der Waals surface area (Å²) in [6.07, 6.45) is 2.03. The minimum absolute atomic E-state index is 0.315. The maximum atomic E-state index is 10.9. The molecule has 0 aromatic heterocycles. The standard InChI is InChI=1S/C15H19NO2/c1-9(2)6-11-4-5-12-7-10(3)14(13(12)8-11)18-15(16)17/h4-5,7-9,14H,6H2,1-3H3,(H2,16,17). The van der Waals surface area contributed by atoms with Crippen molar-refractivity contribution < 1.29 is 9.53 Å². The number of amides is 1. The fourth-order valence-electron chi connectivity index (χ4n) is 2.42. The van der Waals surface area contributed by atoms with E-state index in [2.05, 4.69) is 32.0 Å². The number of carbonyl (C=O) groups excluding carboxylic acids is 1. The van der Waals surface area contributed by atoms with Gasteiger partial charge in [-0.25, -0.2) is 4.79 Å². The average molecular weight is 245 g/mol. The van der Waals surface area contributed by atoms with Crippen LogP contribution in [0.1, 0.15) is 43.6 Å². The SMILES string of the molecule is CC1=Cc2ccc(CC(C)C)cc2C1OC(N)=O. The Bertz CT molecular complexity index is 503. The van der Waals surface area contributed by atoms with Gasteiger partial charge in [-0.3, -0.25) is 0 Å². The second-order valence-electron chi connectivity index (χ2n) is 5.27. The van der Waals surface area contributed by atoms with Gasteiger partial charge in [0.15, 0.2) is 6.10 Å². The van der Waals surface area contributed by atoms with E-state index in [1.807, 2.05) is 13.0 Å². The van der Waals surface area contributed by atoms with Gasteiger partial charge in [-0.2, -0.15) is 0 Å². The summed E-state index contributed by atoms with van der Waals surface area (Å²) in [6.45, 7) is 6.33. The smallest absolute Gasteiger partial charge is 0.405 e. The molecule has 3 heteroatoms. The van der Waals surface area contributed by atoms with Crippen molar-refractivity contribution in [2.24, 2.45) is 11.7 Å². The molecule has 18 heavy (non-hydrogen) atoms. The molecule has 1 aromatic carbocycles. The van der Waals surface area contributed by atoms with Gasteiger partial charge in [0.1, 0.15) is 0 Å². The summed E-state index contributed by atoms with van der Waals surface area (Å²) in [4.78, 5) is 10.9. The molecule has 0 aliphatic heterocycles. The Morgan fingerprint density at radius 3 is 2.78 bits per heavy atom. The van der Waals surface area contributed by atoms with Crippen LogP contribution in [0.2, 0.25) is 0 Å². The molecule has 96 valence electrons. The Balaban J connectivity index is 2.30. The van der Waals surface area contributed by atoms with Crippen molar-refractivity contribution in [3.05, 3.63) is 40.5 Å². The predicted molar refractivity (Wildman–Crippen MR) is 72.0 cm³/mol. The molecular weight excluding hydrogens is 226 g/mol. The summed E-state index contributed by atoms with van der Waals surface area (Å²) in [6, 6.07) is 6.34. The maximum absolute atomic E-state index is 10.9. The van der Waals surface area contributed by atoms with Crippen molar-refractivity contribution in [1.82, 2.24) is 0 Å². The maximum Gasteiger partial charge on any atom is 0.405 e. The molecule has 0 bridgehead atoms. The first-order chi connectivity index (χ1) is 8.47. The molecule has 1 amide bonds. The summed E-state index contributed by atoms with van der Waals surface area (Å²) in [5.74, 6) is 0.606. The second kappa shape index (κ2) is 4.84. The van der Waals surface area contributed by atoms with Crippen LogP contribution in [-0.2, 0) is 11.2 Å². The van der Waals surface area contributed by atoms with Crippen LogP contribution < -0.4 is 5.73 Å². The average Bonchev–Trinajstić information content (AvgIpc) is 2.54. The van der Waals surface area contributed by atoms with E-state index >= 15 is 0 Å². The van der Waals surface area contributed by atoms with Gasteiger partial charge < -0.3 is 10.5 Å². The molecule has 2 rings (SSSR count). The van der Waals surface area contributed by atoms with E-state index in [4.69, 9.17) is 10.5 Å². The highest BCUT2D eigenvalue weighted by Gasteiger charge is 2.25. The van der Waals surface area contributed by atoms with E-state index in [1.165, 1.54) is 5.56 Å². The van der Waals surface area contributed by atoms with E-state index in [-0.39, 0.29) is 6.10 Å². The Morgan fingerprint density at radius 1 is 1.44 bits per heavy atom. The highest BCUT2D eigenvalue weighted by Crippen LogP contribution is 2.37. The monoisotopic (exact) mass is 245 g/mol. The third-order valence-electron chi connectivity index (χ3n) is 3.11. The molecular formula is C15H19NO2. The molecule has 1 aromatic rings. The lowest BCUT2D eigenvalue weighted by molar-refractivity contribution is 0.126. The van der Waals surface area contributed by atoms with Crippen LogP contribution in [0.3, 0.4) is 0 Å². The van der Waals surface area contributed by atoms with Crippen LogP contribution in [0.15, 0.2) is 23.8 Å². The number of hydrogen-bond acceptors (Lipinski definition) is 2. The summed E-state index contributed by atoms with van der Waals surface area (Å²) in [7, 11) is 0. The third-order valence-corrected chi connectivity index (χ3v) is 3.11. The third kappa shape index (κ3) is 2.55. The van der Waals surface area contributed by atoms with E-state index in [0.29, 0.717) is 5.92 Å². The lowest BCUT2D eigenvalue weighted by Crippen LogP contribution is -2.17. The Morgan fingerprint density at radius 2 is 2.17 bits per heavy atom. The fraction of sp³-hybridized carbons (Fsp3) is 0.400. The molecule has 0 spiro atoms. The van der Waals surface area contributed by atoms with Gasteiger partial charge in [-0.15, -0.1) is 0 Å². The number of rotatable bonds is 3. The van der Waals surface area contributed by atoms with Crippen molar-refractivity contribution in [2.45, 2.75) is 33.3 Å². The zero-order chi connectivity index (χ0) is 13.3. The highest BCUT2D eigenvalue weighted by atomic mass is 16.6. The molecule has 0 heterocycles. The molecule has 1 atom stereocenters. The minimum atomic E-state index is -0.727. The van der Waals surface area contributed by atoms with Crippen LogP contribution in [0.5, 0.6) is 0 Å². The largest absolute Gasteiger partial charge is 0.437 e. The van der Waals surface area contributed by atoms with Crippen molar-refractivity contribution in [2.75, 3.05) is 0 Å². The van der Waals surface area contributed by atoms with Crippen LogP contribution in [-0.4, -0.2) is 6.09 Å². The molecule has 1 unspecified atom stereocenters. The summed E-state index contributed by atoms with van der Waals surface area (Å²) in [5, 5.41) is 0. The lowest BCUT2D eigenvalue weighted by atomic mass is 9.98. The van der Waals surface area contributed by atoms with Gasteiger partial charge >= 0.3 is 6.09 Å². The van der Waals surface area contributed by atoms with E-state index in [1.54, 1.807) is 0 Å². The molecule has 0 fully saturated rings. The quantitative estimate of drug-likeness (QED) is 0.886. The van der Waals surface area contributed by atoms with Crippen molar-refractivity contribution in [3.63, 3.8) is 0 Å². The molecule has 2 N–H and O–H groups in total. The van der Waals surface area contributed by atoms with Gasteiger partial charge in [-0.1, -0.05) is 38.1 Å². The topological polar surface area (TPSA) is 52.3 Å². The van der Waals surface area contributed by atoms with Gasteiger partial charge in [0.25, 0.3) is 0 Å². The Kier molecular flexibility index (Phi) is 3.41. The van der Waals surface area contributed by atoms with Crippen LogP contribution in [0, 0.1) is 5.92 Å². The number of carbonyl (C=O) groups is 1. The van der Waals surface area contributed by atoms with E-state index < -0.39 is 6.09 Å². The minimum Gasteiger partial charge on any atom is -0.437 e. The van der Waals surface area contributed by atoms with E-state index in [9.17, 15) is 4.79 Å². The first kappa shape index (κ1) is 12.7. The molecule has 1 aliphatic rings. The van der Waals surface area contributed by atoms with Crippen molar-refractivity contribution in [1.29, 1.82) is 0 Å². The summed E-state index contributed by atoms with van der Waals surface area (Å²) >= 11 is 0. The van der Waals surface area contributed by atoms with Crippen LogP contribution in [0.4, 0.5) is 4.79 Å². The number of nitrogens with two attached hydrogens (primary N) is 1. The molecule has 0 saturated heterocycles. The molecule has 1 aliphatic carbocycles. The first-order valence-corrected chi connectivity index (χ1v) is 6.24. The Labute approximate surface area is 108 Å². The number of hydrogen-bond donors (Lipinski definition) is 1. The van der Waals surface area contributed by atoms with Gasteiger partial charge in [0, 0.05) is 5.56 Å². The highest BCUT2D eigenvalue weighted by molar-refractivity contribution is 5.70. The van der Waals surface area contributed by atoms with Crippen molar-refractivity contribution in [3.8, 4) is 0 Å². The van der Waals surface area contributed by atoms with Crippen LogP contribution >= 0.6 is 0 Å². The number of benzene rings is 1. The fourth-order valence-corrected chi connectivity index (χ4v) is 2.42. The second-order valence-corrected chi connectivity index (χ2v) is 5.27. The number of fused-ring (bicyclic) bond motifs is 1. The van der Waals surface area contributed by atoms with Crippen LogP contribution in [0.25, 0.3) is 6.08 Å². The number of primary amides is 1. The van der Waals surface area contributed by atoms with E-state index in [0.717, 1.165) is 23.1 Å². The van der Waals surface area contributed by atoms with Gasteiger partial charge in [0.05, 0.1) is 0 Å². The Hall–Kier alpha value is -1.77. The van der Waals surface area contributed by atoms with Gasteiger partial charge in [-0.05, 0) is 36.0 Å². The van der Waals surface area contributed by atoms with Gasteiger partial charge in [0.2, 0.25) is 0 Å². The predicted octanol–water partition coefficient (Wildman–Crippen LogP) is 3.44. The molecule has 0 saturated carbocycles. The normalized spacial score (nSPS) is 17.6. The van der Waals surface area contributed by atoms with Crippen molar-refractivity contribution >= 4 is 12.2 Å². The first-order valence-electron chi connectivity index (χ1n) is 6.24. The zero-order valence-corrected chi connectivity index (χ0v) is 11.1. The summed E-state index contributed by atoms with van der Waals surface area (Å²) in [5.41, 5.74) is 9.57.